The van der Waals surface area contributed by atoms with Crippen molar-refractivity contribution in [3.8, 4) is 11.3 Å². The second-order valence-electron chi connectivity index (χ2n) is 5.23. The third-order valence-electron chi connectivity index (χ3n) is 3.53. The van der Waals surface area contributed by atoms with E-state index in [0.717, 1.165) is 0 Å². The van der Waals surface area contributed by atoms with Gasteiger partial charge in [-0.15, -0.1) is 11.3 Å². The molecular formula is C17H12FN3O3S. The van der Waals surface area contributed by atoms with Crippen molar-refractivity contribution in [2.24, 2.45) is 0 Å². The van der Waals surface area contributed by atoms with Crippen LogP contribution in [0.1, 0.15) is 15.9 Å². The third-order valence-corrected chi connectivity index (χ3v) is 4.29. The number of hydrogen-bond acceptors (Lipinski definition) is 5. The number of hydrogen-bond donors (Lipinski definition) is 1. The van der Waals surface area contributed by atoms with Crippen LogP contribution in [0, 0.1) is 22.9 Å². The summed E-state index contributed by atoms with van der Waals surface area (Å²) >= 11 is 1.17. The van der Waals surface area contributed by atoms with E-state index in [9.17, 15) is 19.3 Å². The molecule has 0 bridgehead atoms. The summed E-state index contributed by atoms with van der Waals surface area (Å²) in [6, 6.07) is 10.4. The summed E-state index contributed by atoms with van der Waals surface area (Å²) in [5.74, 6) is -0.830. The van der Waals surface area contributed by atoms with Gasteiger partial charge in [0.25, 0.3) is 11.6 Å². The summed E-state index contributed by atoms with van der Waals surface area (Å²) in [6.45, 7) is 1.56. The number of benzene rings is 2. The molecule has 6 nitrogen and oxygen atoms in total. The smallest absolute Gasteiger partial charge is 0.272 e. The lowest BCUT2D eigenvalue weighted by Gasteiger charge is -2.03. The number of aryl methyl sites for hydroxylation is 1. The number of carbonyl (C=O) groups is 1. The number of nitro benzene ring substituents is 1. The second kappa shape index (κ2) is 6.78. The van der Waals surface area contributed by atoms with Crippen LogP contribution in [0.25, 0.3) is 11.3 Å². The Kier molecular flexibility index (Phi) is 4.53. The molecule has 25 heavy (non-hydrogen) atoms. The average Bonchev–Trinajstić information content (AvgIpc) is 3.03. The van der Waals surface area contributed by atoms with Gasteiger partial charge in [-0.3, -0.25) is 20.2 Å². The lowest BCUT2D eigenvalue weighted by molar-refractivity contribution is -0.385. The van der Waals surface area contributed by atoms with Gasteiger partial charge in [0.1, 0.15) is 5.82 Å². The van der Waals surface area contributed by atoms with Crippen LogP contribution in [0.2, 0.25) is 0 Å². The fourth-order valence-electron chi connectivity index (χ4n) is 2.29. The molecule has 1 amide bonds. The van der Waals surface area contributed by atoms with Gasteiger partial charge in [-0.05, 0) is 31.2 Å². The molecule has 0 aliphatic heterocycles. The maximum absolute atomic E-state index is 13.8. The molecule has 0 radical (unpaired) electrons. The van der Waals surface area contributed by atoms with Crippen LogP contribution in [0.15, 0.2) is 47.8 Å². The molecule has 8 heteroatoms. The molecule has 0 atom stereocenters. The summed E-state index contributed by atoms with van der Waals surface area (Å²) in [4.78, 5) is 26.8. The average molecular weight is 357 g/mol. The third kappa shape index (κ3) is 3.53. The lowest BCUT2D eigenvalue weighted by atomic mass is 10.1. The van der Waals surface area contributed by atoms with E-state index in [2.05, 4.69) is 10.3 Å². The largest absolute Gasteiger partial charge is 0.298 e. The number of nitro groups is 1. The van der Waals surface area contributed by atoms with E-state index in [-0.39, 0.29) is 11.3 Å². The van der Waals surface area contributed by atoms with Crippen LogP contribution in [0.5, 0.6) is 0 Å². The lowest BCUT2D eigenvalue weighted by Crippen LogP contribution is -2.12. The van der Waals surface area contributed by atoms with Crippen LogP contribution < -0.4 is 5.32 Å². The van der Waals surface area contributed by atoms with E-state index >= 15 is 0 Å². The Bertz CT molecular complexity index is 971. The van der Waals surface area contributed by atoms with Gasteiger partial charge in [-0.25, -0.2) is 9.37 Å². The number of aromatic nitrogens is 1. The number of thiazole rings is 1. The van der Waals surface area contributed by atoms with Gasteiger partial charge in [-0.1, -0.05) is 12.1 Å². The number of rotatable bonds is 4. The maximum Gasteiger partial charge on any atom is 0.272 e. The van der Waals surface area contributed by atoms with E-state index in [4.69, 9.17) is 0 Å². The van der Waals surface area contributed by atoms with E-state index in [1.54, 1.807) is 30.5 Å². The van der Waals surface area contributed by atoms with Gasteiger partial charge in [0, 0.05) is 28.1 Å². The van der Waals surface area contributed by atoms with Crippen LogP contribution in [0.3, 0.4) is 0 Å². The highest BCUT2D eigenvalue weighted by molar-refractivity contribution is 7.14. The molecule has 0 saturated heterocycles. The molecule has 1 aromatic heterocycles. The summed E-state index contributed by atoms with van der Waals surface area (Å²) in [5, 5.41) is 15.4. The molecular weight excluding hydrogens is 345 g/mol. The minimum Gasteiger partial charge on any atom is -0.298 e. The van der Waals surface area contributed by atoms with Crippen molar-refractivity contribution in [2.45, 2.75) is 6.92 Å². The molecule has 0 saturated carbocycles. The zero-order valence-corrected chi connectivity index (χ0v) is 13.8. The van der Waals surface area contributed by atoms with Gasteiger partial charge in [-0.2, -0.15) is 0 Å². The van der Waals surface area contributed by atoms with Gasteiger partial charge in [0.05, 0.1) is 10.6 Å². The zero-order chi connectivity index (χ0) is 18.0. The zero-order valence-electron chi connectivity index (χ0n) is 13.0. The second-order valence-corrected chi connectivity index (χ2v) is 6.09. The Morgan fingerprint density at radius 1 is 1.28 bits per heavy atom. The fourth-order valence-corrected chi connectivity index (χ4v) is 3.00. The number of nitrogens with zero attached hydrogens (tertiary/aromatic N) is 2. The summed E-state index contributed by atoms with van der Waals surface area (Å²) in [7, 11) is 0. The topological polar surface area (TPSA) is 85.1 Å². The number of halogens is 1. The van der Waals surface area contributed by atoms with Crippen molar-refractivity contribution in [3.05, 3.63) is 74.9 Å². The van der Waals surface area contributed by atoms with Gasteiger partial charge in [0.2, 0.25) is 0 Å². The van der Waals surface area contributed by atoms with Crippen LogP contribution >= 0.6 is 11.3 Å². The first-order chi connectivity index (χ1) is 12.0. The first-order valence-electron chi connectivity index (χ1n) is 7.22. The fraction of sp³-hybridized carbons (Fsp3) is 0.0588. The molecule has 0 aliphatic carbocycles. The standard InChI is InChI=1S/C17H12FN3O3S/c1-10-8-11(6-7-15(10)21(23)24)16(22)20-17-19-14(9-25-17)12-4-2-3-5-13(12)18/h2-9H,1H3,(H,19,20,22). The predicted octanol–water partition coefficient (Wildman–Crippen LogP) is 4.42. The van der Waals surface area contributed by atoms with E-state index in [0.29, 0.717) is 22.0 Å². The molecule has 3 rings (SSSR count). The molecule has 1 heterocycles. The minimum atomic E-state index is -0.501. The number of nitrogens with one attached hydrogen (secondary N) is 1. The molecule has 0 spiro atoms. The van der Waals surface area contributed by atoms with Crippen LogP contribution in [0.4, 0.5) is 15.2 Å². The number of amides is 1. The molecule has 3 aromatic rings. The monoisotopic (exact) mass is 357 g/mol. The van der Waals surface area contributed by atoms with Crippen molar-refractivity contribution >= 4 is 28.1 Å². The molecule has 2 aromatic carbocycles. The number of anilines is 1. The Morgan fingerprint density at radius 2 is 2.04 bits per heavy atom. The van der Waals surface area contributed by atoms with Crippen molar-refractivity contribution in [2.75, 3.05) is 5.32 Å². The van der Waals surface area contributed by atoms with Crippen molar-refractivity contribution in [1.82, 2.24) is 4.98 Å². The Balaban J connectivity index is 1.79. The first kappa shape index (κ1) is 16.7. The molecule has 0 aliphatic rings. The summed E-state index contributed by atoms with van der Waals surface area (Å²) in [6.07, 6.45) is 0. The molecule has 126 valence electrons. The molecule has 1 N–H and O–H groups in total. The van der Waals surface area contributed by atoms with Crippen molar-refractivity contribution in [3.63, 3.8) is 0 Å². The van der Waals surface area contributed by atoms with Gasteiger partial charge < -0.3 is 0 Å². The van der Waals surface area contributed by atoms with Crippen LogP contribution in [-0.4, -0.2) is 15.8 Å². The van der Waals surface area contributed by atoms with E-state index in [1.165, 1.54) is 35.6 Å². The van der Waals surface area contributed by atoms with Gasteiger partial charge in [0.15, 0.2) is 5.13 Å². The first-order valence-corrected chi connectivity index (χ1v) is 8.10. The molecule has 0 fully saturated rings. The highest BCUT2D eigenvalue weighted by atomic mass is 32.1. The SMILES string of the molecule is Cc1cc(C(=O)Nc2nc(-c3ccccc3F)cs2)ccc1[N+](=O)[O-]. The van der Waals surface area contributed by atoms with Crippen molar-refractivity contribution < 1.29 is 14.1 Å². The van der Waals surface area contributed by atoms with Crippen LogP contribution in [-0.2, 0) is 0 Å². The number of carbonyl (C=O) groups excluding carboxylic acids is 1. The van der Waals surface area contributed by atoms with E-state index in [1.807, 2.05) is 0 Å². The highest BCUT2D eigenvalue weighted by Gasteiger charge is 2.15. The Hall–Kier alpha value is -3.13. The summed E-state index contributed by atoms with van der Waals surface area (Å²) < 4.78 is 13.8. The van der Waals surface area contributed by atoms with Gasteiger partial charge >= 0.3 is 0 Å². The normalized spacial score (nSPS) is 10.5. The Morgan fingerprint density at radius 3 is 2.72 bits per heavy atom. The minimum absolute atomic E-state index is 0.0485. The Labute approximate surface area is 146 Å². The maximum atomic E-state index is 13.8. The van der Waals surface area contributed by atoms with E-state index < -0.39 is 16.6 Å². The van der Waals surface area contributed by atoms with Crippen molar-refractivity contribution in [1.29, 1.82) is 0 Å². The highest BCUT2D eigenvalue weighted by Crippen LogP contribution is 2.27. The summed E-state index contributed by atoms with van der Waals surface area (Å²) in [5.41, 5.74) is 1.41. The quantitative estimate of drug-likeness (QED) is 0.553. The predicted molar refractivity (Wildman–Crippen MR) is 93.3 cm³/mol. The molecule has 0 unspecified atom stereocenters.